The van der Waals surface area contributed by atoms with E-state index in [-0.39, 0.29) is 39.3 Å². The van der Waals surface area contributed by atoms with Gasteiger partial charge in [-0.1, -0.05) is 18.2 Å². The van der Waals surface area contributed by atoms with E-state index in [2.05, 4.69) is 5.32 Å². The standard InChI is InChI=1S/C25H42N2O7/c1-18-8-9-19(17-32-27(10-12-28)11-13-29)14-20(18)15-21(16-22(30)33-24(2,3)4)26-23(31)34-25(5,6)7/h8-9,14,21,28-29H,10-13,15-17H2,1-7H3,(H,26,31)/t21-/m0/s1. The third-order valence-corrected chi connectivity index (χ3v) is 4.55. The summed E-state index contributed by atoms with van der Waals surface area (Å²) in [6, 6.07) is 5.32. The fourth-order valence-corrected chi connectivity index (χ4v) is 3.16. The first kappa shape index (κ1) is 29.8. The number of aliphatic hydroxyl groups excluding tert-OH is 2. The smallest absolute Gasteiger partial charge is 0.407 e. The second-order valence-electron chi connectivity index (χ2n) is 10.2. The van der Waals surface area contributed by atoms with E-state index >= 15 is 0 Å². The number of nitrogens with zero attached hydrogens (tertiary/aromatic N) is 1. The lowest BCUT2D eigenvalue weighted by molar-refractivity contribution is -0.178. The number of benzene rings is 1. The van der Waals surface area contributed by atoms with Crippen molar-refractivity contribution in [3.8, 4) is 0 Å². The Labute approximate surface area is 203 Å². The third kappa shape index (κ3) is 12.9. The lowest BCUT2D eigenvalue weighted by Gasteiger charge is -2.25. The first-order valence-electron chi connectivity index (χ1n) is 11.6. The number of aryl methyl sites for hydroxylation is 1. The average Bonchev–Trinajstić information content (AvgIpc) is 2.65. The van der Waals surface area contributed by atoms with Crippen LogP contribution in [0.2, 0.25) is 0 Å². The minimum Gasteiger partial charge on any atom is -0.460 e. The lowest BCUT2D eigenvalue weighted by atomic mass is 9.97. The number of carbonyl (C=O) groups is 2. The molecule has 1 rings (SSSR count). The number of hydroxylamine groups is 2. The molecule has 0 aromatic heterocycles. The molecule has 1 aromatic rings. The summed E-state index contributed by atoms with van der Waals surface area (Å²) < 4.78 is 10.8. The van der Waals surface area contributed by atoms with Gasteiger partial charge in [-0.3, -0.25) is 9.63 Å². The fraction of sp³-hybridized carbons (Fsp3) is 0.680. The molecule has 0 aliphatic carbocycles. The van der Waals surface area contributed by atoms with Crippen molar-refractivity contribution in [1.29, 1.82) is 0 Å². The van der Waals surface area contributed by atoms with Gasteiger partial charge in [-0.05, 0) is 71.6 Å². The Hall–Kier alpha value is -2.20. The van der Waals surface area contributed by atoms with Crippen LogP contribution in [-0.4, -0.2) is 70.9 Å². The molecule has 34 heavy (non-hydrogen) atoms. The first-order chi connectivity index (χ1) is 15.7. The number of carbonyl (C=O) groups excluding carboxylic acids is 2. The number of hydrogen-bond acceptors (Lipinski definition) is 8. The van der Waals surface area contributed by atoms with Gasteiger partial charge < -0.3 is 25.0 Å². The van der Waals surface area contributed by atoms with Crippen molar-refractivity contribution in [3.63, 3.8) is 0 Å². The van der Waals surface area contributed by atoms with Crippen LogP contribution < -0.4 is 5.32 Å². The number of nitrogens with one attached hydrogen (secondary N) is 1. The number of rotatable bonds is 12. The van der Waals surface area contributed by atoms with Crippen molar-refractivity contribution in [3.05, 3.63) is 34.9 Å². The zero-order chi connectivity index (χ0) is 25.9. The van der Waals surface area contributed by atoms with Crippen molar-refractivity contribution >= 4 is 12.1 Å². The summed E-state index contributed by atoms with van der Waals surface area (Å²) in [6.45, 7) is 13.4. The van der Waals surface area contributed by atoms with Gasteiger partial charge in [0.15, 0.2) is 0 Å². The van der Waals surface area contributed by atoms with Crippen LogP contribution in [0.15, 0.2) is 18.2 Å². The molecule has 1 atom stereocenters. The van der Waals surface area contributed by atoms with Gasteiger partial charge in [0, 0.05) is 19.1 Å². The molecule has 0 radical (unpaired) electrons. The molecule has 0 bridgehead atoms. The van der Waals surface area contributed by atoms with Gasteiger partial charge in [0.2, 0.25) is 0 Å². The van der Waals surface area contributed by atoms with E-state index in [1.165, 1.54) is 5.06 Å². The molecule has 0 aliphatic heterocycles. The molecule has 3 N–H and O–H groups in total. The summed E-state index contributed by atoms with van der Waals surface area (Å²) in [5.41, 5.74) is 1.54. The second kappa shape index (κ2) is 13.6. The van der Waals surface area contributed by atoms with Crippen LogP contribution in [0.25, 0.3) is 0 Å². The van der Waals surface area contributed by atoms with E-state index in [0.717, 1.165) is 16.7 Å². The van der Waals surface area contributed by atoms with Crippen molar-refractivity contribution in [2.24, 2.45) is 0 Å². The SMILES string of the molecule is Cc1ccc(CON(CCO)CCO)cc1C[C@@H](CC(=O)OC(C)(C)C)NC(=O)OC(C)(C)C. The van der Waals surface area contributed by atoms with Crippen molar-refractivity contribution in [2.75, 3.05) is 26.3 Å². The minimum absolute atomic E-state index is 0.00252. The summed E-state index contributed by atoms with van der Waals surface area (Å²) in [6.07, 6.45) is -0.200. The van der Waals surface area contributed by atoms with Crippen LogP contribution in [0.3, 0.4) is 0 Å². The molecule has 0 saturated heterocycles. The predicted octanol–water partition coefficient (Wildman–Crippen LogP) is 2.88. The maximum Gasteiger partial charge on any atom is 0.407 e. The van der Waals surface area contributed by atoms with E-state index in [4.69, 9.17) is 24.5 Å². The fourth-order valence-electron chi connectivity index (χ4n) is 3.16. The molecule has 1 aromatic carbocycles. The van der Waals surface area contributed by atoms with E-state index in [0.29, 0.717) is 6.42 Å². The van der Waals surface area contributed by atoms with Crippen LogP contribution in [0.5, 0.6) is 0 Å². The summed E-state index contributed by atoms with van der Waals surface area (Å²) in [4.78, 5) is 30.6. The highest BCUT2D eigenvalue weighted by atomic mass is 16.7. The molecular weight excluding hydrogens is 440 g/mol. The number of alkyl carbamates (subject to hydrolysis) is 1. The average molecular weight is 483 g/mol. The Bertz CT molecular complexity index is 748. The largest absolute Gasteiger partial charge is 0.460 e. The van der Waals surface area contributed by atoms with Crippen molar-refractivity contribution in [1.82, 2.24) is 10.4 Å². The molecule has 194 valence electrons. The molecule has 0 unspecified atom stereocenters. The number of ether oxygens (including phenoxy) is 2. The Morgan fingerprint density at radius 3 is 2.12 bits per heavy atom. The molecule has 9 heteroatoms. The molecule has 0 heterocycles. The normalized spacial score (nSPS) is 13.0. The second-order valence-corrected chi connectivity index (χ2v) is 10.2. The highest BCUT2D eigenvalue weighted by Crippen LogP contribution is 2.18. The Kier molecular flexibility index (Phi) is 12.0. The van der Waals surface area contributed by atoms with Crippen LogP contribution in [0.4, 0.5) is 4.79 Å². The van der Waals surface area contributed by atoms with Gasteiger partial charge in [-0.15, -0.1) is 0 Å². The van der Waals surface area contributed by atoms with E-state index < -0.39 is 29.3 Å². The molecule has 1 amide bonds. The molecule has 0 fully saturated rings. The molecule has 0 aliphatic rings. The summed E-state index contributed by atoms with van der Waals surface area (Å²) >= 11 is 0. The van der Waals surface area contributed by atoms with Gasteiger partial charge in [0.05, 0.1) is 26.2 Å². The third-order valence-electron chi connectivity index (χ3n) is 4.55. The Morgan fingerprint density at radius 2 is 1.59 bits per heavy atom. The van der Waals surface area contributed by atoms with Crippen LogP contribution >= 0.6 is 0 Å². The number of aliphatic hydroxyl groups is 2. The maximum atomic E-state index is 12.5. The monoisotopic (exact) mass is 482 g/mol. The van der Waals surface area contributed by atoms with Gasteiger partial charge >= 0.3 is 12.1 Å². The zero-order valence-electron chi connectivity index (χ0n) is 21.6. The van der Waals surface area contributed by atoms with Gasteiger partial charge in [-0.25, -0.2) is 4.79 Å². The Balaban J connectivity index is 2.99. The van der Waals surface area contributed by atoms with Crippen LogP contribution in [0.1, 0.15) is 64.7 Å². The number of esters is 1. The maximum absolute atomic E-state index is 12.5. The van der Waals surface area contributed by atoms with Gasteiger partial charge in [0.1, 0.15) is 11.2 Å². The Morgan fingerprint density at radius 1 is 1.00 bits per heavy atom. The highest BCUT2D eigenvalue weighted by molar-refractivity contribution is 5.73. The van der Waals surface area contributed by atoms with Gasteiger partial charge in [0.25, 0.3) is 0 Å². The summed E-state index contributed by atoms with van der Waals surface area (Å²) in [7, 11) is 0. The van der Waals surface area contributed by atoms with Crippen molar-refractivity contribution in [2.45, 2.75) is 85.2 Å². The lowest BCUT2D eigenvalue weighted by Crippen LogP contribution is -2.42. The summed E-state index contributed by atoms with van der Waals surface area (Å²) in [5.74, 6) is -0.408. The highest BCUT2D eigenvalue weighted by Gasteiger charge is 2.25. The topological polar surface area (TPSA) is 118 Å². The van der Waals surface area contributed by atoms with E-state index in [1.54, 1.807) is 41.5 Å². The quantitative estimate of drug-likeness (QED) is 0.308. The van der Waals surface area contributed by atoms with Crippen LogP contribution in [-0.2, 0) is 32.1 Å². The molecule has 9 nitrogen and oxygen atoms in total. The predicted molar refractivity (Wildman–Crippen MR) is 129 cm³/mol. The molecule has 0 spiro atoms. The number of hydrogen-bond donors (Lipinski definition) is 3. The van der Waals surface area contributed by atoms with E-state index in [1.807, 2.05) is 25.1 Å². The minimum atomic E-state index is -0.664. The first-order valence-corrected chi connectivity index (χ1v) is 11.6. The van der Waals surface area contributed by atoms with Crippen LogP contribution in [0, 0.1) is 6.92 Å². The molecule has 0 saturated carbocycles. The van der Waals surface area contributed by atoms with Crippen molar-refractivity contribution < 1.29 is 34.1 Å². The van der Waals surface area contributed by atoms with Gasteiger partial charge in [-0.2, -0.15) is 5.06 Å². The zero-order valence-corrected chi connectivity index (χ0v) is 21.6. The summed E-state index contributed by atoms with van der Waals surface area (Å²) in [5, 5.41) is 22.6. The molecular formula is C25H42N2O7. The van der Waals surface area contributed by atoms with E-state index in [9.17, 15) is 9.59 Å². The number of amides is 1.